The molecule has 0 fully saturated rings. The Morgan fingerprint density at radius 1 is 1.32 bits per heavy atom. The molecule has 0 radical (unpaired) electrons. The van der Waals surface area contributed by atoms with Gasteiger partial charge in [-0.15, -0.1) is 22.7 Å². The molecular weight excluding hydrogens is 358 g/mol. The largest absolute Gasteiger partial charge is 0.306 e. The van der Waals surface area contributed by atoms with Gasteiger partial charge in [0.15, 0.2) is 0 Å². The summed E-state index contributed by atoms with van der Waals surface area (Å²) >= 11 is 9.15. The molecule has 3 rings (SSSR count). The van der Waals surface area contributed by atoms with Crippen LogP contribution < -0.4 is 5.32 Å². The molecule has 0 aromatic carbocycles. The van der Waals surface area contributed by atoms with Gasteiger partial charge in [0.2, 0.25) is 0 Å². The first-order valence-corrected chi connectivity index (χ1v) is 9.64. The number of rotatable bonds is 5. The van der Waals surface area contributed by atoms with Crippen molar-refractivity contribution in [2.75, 3.05) is 6.54 Å². The van der Waals surface area contributed by atoms with Crippen LogP contribution in [0.2, 0.25) is 0 Å². The predicted octanol–water partition coefficient (Wildman–Crippen LogP) is 5.88. The molecule has 0 bridgehead atoms. The molecule has 1 N–H and O–H groups in total. The lowest BCUT2D eigenvalue weighted by Gasteiger charge is -2.16. The lowest BCUT2D eigenvalue weighted by Crippen LogP contribution is -2.22. The van der Waals surface area contributed by atoms with E-state index in [1.807, 2.05) is 22.7 Å². The van der Waals surface area contributed by atoms with Gasteiger partial charge in [-0.1, -0.05) is 6.92 Å². The van der Waals surface area contributed by atoms with E-state index in [1.165, 1.54) is 24.3 Å². The van der Waals surface area contributed by atoms with Gasteiger partial charge in [0.25, 0.3) is 0 Å². The Hall–Kier alpha value is -0.200. The Balaban J connectivity index is 1.98. The molecule has 3 heterocycles. The van der Waals surface area contributed by atoms with E-state index in [-0.39, 0.29) is 0 Å². The van der Waals surface area contributed by atoms with Crippen LogP contribution in [0.4, 0.5) is 0 Å². The minimum atomic E-state index is 0.310. The zero-order chi connectivity index (χ0) is 13.2. The number of thiophene rings is 3. The summed E-state index contributed by atoms with van der Waals surface area (Å²) in [5.74, 6) is 0. The SMILES string of the molecule is CCCNC(c1cc2sccc2s1)c1cscc1Br. The molecule has 0 saturated heterocycles. The van der Waals surface area contributed by atoms with Crippen LogP contribution in [0.5, 0.6) is 0 Å². The van der Waals surface area contributed by atoms with Gasteiger partial charge in [0.1, 0.15) is 0 Å². The van der Waals surface area contributed by atoms with E-state index in [0.29, 0.717) is 6.04 Å². The van der Waals surface area contributed by atoms with E-state index in [0.717, 1.165) is 13.0 Å². The predicted molar refractivity (Wildman–Crippen MR) is 91.9 cm³/mol. The van der Waals surface area contributed by atoms with Gasteiger partial charge in [-0.3, -0.25) is 0 Å². The maximum Gasteiger partial charge on any atom is 0.0691 e. The Morgan fingerprint density at radius 2 is 2.21 bits per heavy atom. The Bertz CT molecular complexity index is 638. The molecule has 0 amide bonds. The maximum atomic E-state index is 3.67. The van der Waals surface area contributed by atoms with Gasteiger partial charge in [0.05, 0.1) is 6.04 Å². The molecule has 0 aliphatic carbocycles. The van der Waals surface area contributed by atoms with Crippen LogP contribution in [0.25, 0.3) is 9.40 Å². The Labute approximate surface area is 133 Å². The first-order valence-electron chi connectivity index (χ1n) is 6.21. The first-order chi connectivity index (χ1) is 9.29. The van der Waals surface area contributed by atoms with Gasteiger partial charge in [-0.05, 0) is 57.4 Å². The topological polar surface area (TPSA) is 12.0 Å². The monoisotopic (exact) mass is 371 g/mol. The van der Waals surface area contributed by atoms with E-state index >= 15 is 0 Å². The van der Waals surface area contributed by atoms with Crippen LogP contribution in [0, 0.1) is 0 Å². The highest BCUT2D eigenvalue weighted by Gasteiger charge is 2.19. The quantitative estimate of drug-likeness (QED) is 0.590. The zero-order valence-corrected chi connectivity index (χ0v) is 14.5. The normalized spacial score (nSPS) is 13.2. The summed E-state index contributed by atoms with van der Waals surface area (Å²) in [6.07, 6.45) is 1.15. The van der Waals surface area contributed by atoms with Crippen molar-refractivity contribution in [3.05, 3.63) is 43.2 Å². The summed E-state index contributed by atoms with van der Waals surface area (Å²) in [7, 11) is 0. The summed E-state index contributed by atoms with van der Waals surface area (Å²) in [5, 5.41) is 10.2. The van der Waals surface area contributed by atoms with Gasteiger partial charge >= 0.3 is 0 Å². The second-order valence-corrected chi connectivity index (χ2v) is 8.02. The standard InChI is InChI=1S/C14H14BrNS3/c1-2-4-16-14(9-7-17-8-10(9)15)13-6-12-11(19-13)3-5-18-12/h3,5-8,14,16H,2,4H2,1H3. The molecule has 0 aliphatic rings. The number of halogens is 1. The summed E-state index contributed by atoms with van der Waals surface area (Å²) < 4.78 is 4.01. The second-order valence-electron chi connectivity index (χ2n) is 4.36. The lowest BCUT2D eigenvalue weighted by atomic mass is 10.1. The molecular formula is C14H14BrNS3. The lowest BCUT2D eigenvalue weighted by molar-refractivity contribution is 0.606. The van der Waals surface area contributed by atoms with Gasteiger partial charge in [0, 0.05) is 24.1 Å². The van der Waals surface area contributed by atoms with Gasteiger partial charge < -0.3 is 5.32 Å². The highest BCUT2D eigenvalue weighted by molar-refractivity contribution is 9.10. The van der Waals surface area contributed by atoms with Crippen molar-refractivity contribution >= 4 is 59.3 Å². The number of fused-ring (bicyclic) bond motifs is 1. The average molecular weight is 372 g/mol. The second kappa shape index (κ2) is 6.06. The minimum absolute atomic E-state index is 0.310. The molecule has 1 nitrogen and oxygen atoms in total. The molecule has 3 aromatic heterocycles. The fourth-order valence-corrected chi connectivity index (χ4v) is 5.84. The van der Waals surface area contributed by atoms with E-state index in [9.17, 15) is 0 Å². The van der Waals surface area contributed by atoms with Crippen molar-refractivity contribution < 1.29 is 0 Å². The zero-order valence-electron chi connectivity index (χ0n) is 10.5. The van der Waals surface area contributed by atoms with Crippen LogP contribution in [-0.2, 0) is 0 Å². The molecule has 0 saturated carbocycles. The molecule has 5 heteroatoms. The Morgan fingerprint density at radius 3 is 2.89 bits per heavy atom. The summed E-state index contributed by atoms with van der Waals surface area (Å²) in [6.45, 7) is 3.25. The third-order valence-electron chi connectivity index (χ3n) is 2.99. The third kappa shape index (κ3) is 2.81. The van der Waals surface area contributed by atoms with Crippen molar-refractivity contribution in [2.24, 2.45) is 0 Å². The molecule has 0 spiro atoms. The van der Waals surface area contributed by atoms with E-state index < -0.39 is 0 Å². The van der Waals surface area contributed by atoms with Crippen LogP contribution in [-0.4, -0.2) is 6.54 Å². The Kier molecular flexibility index (Phi) is 4.39. The first kappa shape index (κ1) is 13.8. The van der Waals surface area contributed by atoms with Gasteiger partial charge in [-0.25, -0.2) is 0 Å². The minimum Gasteiger partial charge on any atom is -0.306 e. The number of hydrogen-bond donors (Lipinski definition) is 1. The molecule has 3 aromatic rings. The van der Waals surface area contributed by atoms with Crippen molar-refractivity contribution in [2.45, 2.75) is 19.4 Å². The van der Waals surface area contributed by atoms with Crippen molar-refractivity contribution in [1.82, 2.24) is 5.32 Å². The van der Waals surface area contributed by atoms with Crippen LogP contribution >= 0.6 is 49.9 Å². The molecule has 1 unspecified atom stereocenters. The van der Waals surface area contributed by atoms with Crippen molar-refractivity contribution in [3.8, 4) is 0 Å². The fraction of sp³-hybridized carbons (Fsp3) is 0.286. The average Bonchev–Trinajstić information content (AvgIpc) is 3.06. The van der Waals surface area contributed by atoms with Gasteiger partial charge in [-0.2, -0.15) is 11.3 Å². The maximum absolute atomic E-state index is 3.67. The van der Waals surface area contributed by atoms with E-state index in [2.05, 4.69) is 56.4 Å². The molecule has 100 valence electrons. The molecule has 0 aliphatic heterocycles. The highest BCUT2D eigenvalue weighted by Crippen LogP contribution is 2.38. The highest BCUT2D eigenvalue weighted by atomic mass is 79.9. The number of nitrogens with one attached hydrogen (secondary N) is 1. The summed E-state index contributed by atoms with van der Waals surface area (Å²) in [5.41, 5.74) is 1.35. The smallest absolute Gasteiger partial charge is 0.0691 e. The molecule has 1 atom stereocenters. The van der Waals surface area contributed by atoms with Crippen LogP contribution in [0.3, 0.4) is 0 Å². The summed E-state index contributed by atoms with van der Waals surface area (Å²) in [4.78, 5) is 1.41. The van der Waals surface area contributed by atoms with E-state index in [1.54, 1.807) is 11.3 Å². The van der Waals surface area contributed by atoms with E-state index in [4.69, 9.17) is 0 Å². The molecule has 19 heavy (non-hydrogen) atoms. The van der Waals surface area contributed by atoms with Crippen LogP contribution in [0.1, 0.15) is 29.8 Å². The van der Waals surface area contributed by atoms with Crippen LogP contribution in [0.15, 0.2) is 32.7 Å². The fourth-order valence-electron chi connectivity index (χ4n) is 2.08. The third-order valence-corrected chi connectivity index (χ3v) is 6.90. The summed E-state index contributed by atoms with van der Waals surface area (Å²) in [6, 6.07) is 4.86. The van der Waals surface area contributed by atoms with Crippen molar-refractivity contribution in [1.29, 1.82) is 0 Å². The van der Waals surface area contributed by atoms with Crippen molar-refractivity contribution in [3.63, 3.8) is 0 Å². The number of hydrogen-bond acceptors (Lipinski definition) is 4.